The summed E-state index contributed by atoms with van der Waals surface area (Å²) in [7, 11) is 0. The van der Waals surface area contributed by atoms with Gasteiger partial charge in [0.25, 0.3) is 0 Å². The Morgan fingerprint density at radius 3 is 2.88 bits per heavy atom. The third kappa shape index (κ3) is 3.32. The molecule has 0 radical (unpaired) electrons. The minimum absolute atomic E-state index is 0.0971. The highest BCUT2D eigenvalue weighted by molar-refractivity contribution is 5.73. The molecule has 2 atom stereocenters. The fourth-order valence-electron chi connectivity index (χ4n) is 2.84. The molecule has 1 aliphatic carbocycles. The van der Waals surface area contributed by atoms with Crippen LogP contribution < -0.4 is 5.32 Å². The van der Waals surface area contributed by atoms with Crippen molar-refractivity contribution >= 4 is 5.91 Å². The third-order valence-electron chi connectivity index (χ3n) is 3.60. The minimum atomic E-state index is 0.0971. The molecular formula is C15H21NO. The highest BCUT2D eigenvalue weighted by Gasteiger charge is 2.23. The minimum Gasteiger partial charge on any atom is -0.354 e. The molecule has 0 spiro atoms. The number of carbonyl (C=O) groups excluding carboxylic acids is 1. The van der Waals surface area contributed by atoms with E-state index in [1.807, 2.05) is 0 Å². The van der Waals surface area contributed by atoms with E-state index in [9.17, 15) is 4.79 Å². The van der Waals surface area contributed by atoms with Crippen molar-refractivity contribution in [1.29, 1.82) is 0 Å². The van der Waals surface area contributed by atoms with E-state index >= 15 is 0 Å². The molecule has 1 amide bonds. The molecule has 0 bridgehead atoms. The van der Waals surface area contributed by atoms with Gasteiger partial charge in [0.15, 0.2) is 0 Å². The molecule has 1 aliphatic rings. The van der Waals surface area contributed by atoms with Crippen LogP contribution in [0.5, 0.6) is 0 Å². The van der Waals surface area contributed by atoms with Crippen LogP contribution in [0.25, 0.3) is 0 Å². The van der Waals surface area contributed by atoms with Crippen molar-refractivity contribution in [2.45, 2.75) is 51.5 Å². The first kappa shape index (κ1) is 12.2. The van der Waals surface area contributed by atoms with Crippen LogP contribution in [0.4, 0.5) is 0 Å². The number of nitrogens with one attached hydrogen (secondary N) is 1. The molecule has 92 valence electrons. The second-order valence-electron chi connectivity index (χ2n) is 5.18. The Morgan fingerprint density at radius 2 is 2.18 bits per heavy atom. The van der Waals surface area contributed by atoms with Gasteiger partial charge in [-0.05, 0) is 37.7 Å². The number of rotatable bonds is 2. The second-order valence-corrected chi connectivity index (χ2v) is 5.18. The zero-order valence-corrected chi connectivity index (χ0v) is 10.7. The SMILES string of the molecule is CC(=O)N[C@H]1CCC[C@@H](c2cccc(C)c2)C1. The smallest absolute Gasteiger partial charge is 0.217 e. The van der Waals surface area contributed by atoms with Crippen molar-refractivity contribution in [3.63, 3.8) is 0 Å². The molecule has 0 unspecified atom stereocenters. The molecular weight excluding hydrogens is 210 g/mol. The summed E-state index contributed by atoms with van der Waals surface area (Å²) in [5, 5.41) is 3.06. The number of aryl methyl sites for hydroxylation is 1. The molecule has 0 heterocycles. The highest BCUT2D eigenvalue weighted by Crippen LogP contribution is 2.33. The van der Waals surface area contributed by atoms with Gasteiger partial charge in [0.05, 0.1) is 0 Å². The average molecular weight is 231 g/mol. The molecule has 2 rings (SSSR count). The summed E-state index contributed by atoms with van der Waals surface area (Å²) in [5.41, 5.74) is 2.75. The molecule has 0 aliphatic heterocycles. The van der Waals surface area contributed by atoms with Crippen molar-refractivity contribution < 1.29 is 4.79 Å². The monoisotopic (exact) mass is 231 g/mol. The van der Waals surface area contributed by atoms with E-state index in [4.69, 9.17) is 0 Å². The van der Waals surface area contributed by atoms with Crippen LogP contribution in [0.15, 0.2) is 24.3 Å². The van der Waals surface area contributed by atoms with Crippen molar-refractivity contribution in [1.82, 2.24) is 5.32 Å². The Labute approximate surface area is 103 Å². The first-order valence-corrected chi connectivity index (χ1v) is 6.49. The quantitative estimate of drug-likeness (QED) is 0.832. The van der Waals surface area contributed by atoms with Crippen molar-refractivity contribution in [3.8, 4) is 0 Å². The average Bonchev–Trinajstić information content (AvgIpc) is 2.28. The fourth-order valence-corrected chi connectivity index (χ4v) is 2.84. The van der Waals surface area contributed by atoms with Gasteiger partial charge in [-0.1, -0.05) is 36.2 Å². The van der Waals surface area contributed by atoms with Gasteiger partial charge in [-0.3, -0.25) is 4.79 Å². The summed E-state index contributed by atoms with van der Waals surface area (Å²) in [6.45, 7) is 3.74. The predicted molar refractivity (Wildman–Crippen MR) is 70.0 cm³/mol. The maximum Gasteiger partial charge on any atom is 0.217 e. The normalized spacial score (nSPS) is 24.4. The lowest BCUT2D eigenvalue weighted by Crippen LogP contribution is -2.36. The van der Waals surface area contributed by atoms with E-state index in [1.165, 1.54) is 24.0 Å². The Bertz CT molecular complexity index is 400. The van der Waals surface area contributed by atoms with E-state index in [2.05, 4.69) is 36.5 Å². The van der Waals surface area contributed by atoms with Gasteiger partial charge < -0.3 is 5.32 Å². The molecule has 1 aromatic carbocycles. The summed E-state index contributed by atoms with van der Waals surface area (Å²) < 4.78 is 0. The molecule has 1 saturated carbocycles. The number of carbonyl (C=O) groups is 1. The Hall–Kier alpha value is -1.31. The van der Waals surface area contributed by atoms with Crippen molar-refractivity contribution in [2.24, 2.45) is 0 Å². The maximum atomic E-state index is 11.1. The molecule has 2 nitrogen and oxygen atoms in total. The van der Waals surface area contributed by atoms with Crippen LogP contribution in [0.2, 0.25) is 0 Å². The van der Waals surface area contributed by atoms with Gasteiger partial charge in [0.2, 0.25) is 5.91 Å². The lowest BCUT2D eigenvalue weighted by molar-refractivity contribution is -0.119. The molecule has 17 heavy (non-hydrogen) atoms. The molecule has 1 fully saturated rings. The lowest BCUT2D eigenvalue weighted by Gasteiger charge is -2.30. The fraction of sp³-hybridized carbons (Fsp3) is 0.533. The van der Waals surface area contributed by atoms with Gasteiger partial charge >= 0.3 is 0 Å². The number of hydrogen-bond donors (Lipinski definition) is 1. The van der Waals surface area contributed by atoms with E-state index in [0.717, 1.165) is 12.8 Å². The van der Waals surface area contributed by atoms with Crippen LogP contribution in [-0.4, -0.2) is 11.9 Å². The van der Waals surface area contributed by atoms with Crippen LogP contribution in [-0.2, 0) is 4.79 Å². The van der Waals surface area contributed by atoms with Crippen molar-refractivity contribution in [2.75, 3.05) is 0 Å². The first-order valence-electron chi connectivity index (χ1n) is 6.49. The Morgan fingerprint density at radius 1 is 1.35 bits per heavy atom. The standard InChI is InChI=1S/C15H21NO/c1-11-5-3-6-13(9-11)14-7-4-8-15(10-14)16-12(2)17/h3,5-6,9,14-15H,4,7-8,10H2,1-2H3,(H,16,17)/t14-,15+/m1/s1. The summed E-state index contributed by atoms with van der Waals surface area (Å²) in [6.07, 6.45) is 4.67. The summed E-state index contributed by atoms with van der Waals surface area (Å²) in [4.78, 5) is 11.1. The van der Waals surface area contributed by atoms with Gasteiger partial charge in [-0.15, -0.1) is 0 Å². The van der Waals surface area contributed by atoms with Crippen LogP contribution in [0.1, 0.15) is 49.7 Å². The van der Waals surface area contributed by atoms with Crippen LogP contribution in [0.3, 0.4) is 0 Å². The molecule has 2 heteroatoms. The van der Waals surface area contributed by atoms with Gasteiger partial charge in [0, 0.05) is 13.0 Å². The van der Waals surface area contributed by atoms with E-state index in [1.54, 1.807) is 6.92 Å². The summed E-state index contributed by atoms with van der Waals surface area (Å²) in [5.74, 6) is 0.709. The second kappa shape index (κ2) is 5.35. The van der Waals surface area contributed by atoms with Gasteiger partial charge in [-0.2, -0.15) is 0 Å². The largest absolute Gasteiger partial charge is 0.354 e. The highest BCUT2D eigenvalue weighted by atomic mass is 16.1. The maximum absolute atomic E-state index is 11.1. The van der Waals surface area contributed by atoms with Gasteiger partial charge in [-0.25, -0.2) is 0 Å². The number of amides is 1. The molecule has 0 aromatic heterocycles. The first-order chi connectivity index (χ1) is 8.15. The molecule has 0 saturated heterocycles. The lowest BCUT2D eigenvalue weighted by atomic mass is 9.81. The van der Waals surface area contributed by atoms with Crippen molar-refractivity contribution in [3.05, 3.63) is 35.4 Å². The Balaban J connectivity index is 2.04. The number of hydrogen-bond acceptors (Lipinski definition) is 1. The number of benzene rings is 1. The summed E-state index contributed by atoms with van der Waals surface area (Å²) in [6, 6.07) is 9.13. The Kier molecular flexibility index (Phi) is 3.82. The third-order valence-corrected chi connectivity index (χ3v) is 3.60. The zero-order valence-electron chi connectivity index (χ0n) is 10.7. The predicted octanol–water partition coefficient (Wildman–Crippen LogP) is 3.16. The van der Waals surface area contributed by atoms with Gasteiger partial charge in [0.1, 0.15) is 0 Å². The van der Waals surface area contributed by atoms with E-state index in [0.29, 0.717) is 12.0 Å². The molecule has 1 N–H and O–H groups in total. The zero-order chi connectivity index (χ0) is 12.3. The summed E-state index contributed by atoms with van der Waals surface area (Å²) >= 11 is 0. The van der Waals surface area contributed by atoms with Crippen LogP contribution in [0, 0.1) is 6.92 Å². The van der Waals surface area contributed by atoms with E-state index in [-0.39, 0.29) is 5.91 Å². The topological polar surface area (TPSA) is 29.1 Å². The molecule has 1 aromatic rings. The van der Waals surface area contributed by atoms with Crippen LogP contribution >= 0.6 is 0 Å². The van der Waals surface area contributed by atoms with E-state index < -0.39 is 0 Å².